The molecule has 0 nitrogen and oxygen atoms in total. The van der Waals surface area contributed by atoms with Gasteiger partial charge >= 0.3 is 0 Å². The van der Waals surface area contributed by atoms with Gasteiger partial charge in [-0.15, -0.1) is 0 Å². The third kappa shape index (κ3) is 21.5. The Balaban J connectivity index is 2.60. The molecular formula is C41H75. The van der Waals surface area contributed by atoms with Gasteiger partial charge in [0.2, 0.25) is 0 Å². The topological polar surface area (TPSA) is 0 Å². The van der Waals surface area contributed by atoms with Crippen LogP contribution in [0.1, 0.15) is 216 Å². The highest BCUT2D eigenvalue weighted by molar-refractivity contribution is 5.40. The zero-order valence-electron chi connectivity index (χ0n) is 28.8. The first-order valence-electron chi connectivity index (χ1n) is 19.2. The zero-order chi connectivity index (χ0) is 29.6. The van der Waals surface area contributed by atoms with E-state index in [-0.39, 0.29) is 0 Å². The number of unbranched alkanes of at least 4 members (excludes halogenated alkanes) is 24. The minimum Gasteiger partial charge on any atom is -0.0654 e. The van der Waals surface area contributed by atoms with Crippen molar-refractivity contribution in [3.05, 3.63) is 41.3 Å². The summed E-state index contributed by atoms with van der Waals surface area (Å²) in [7, 11) is 0. The molecule has 0 amide bonds. The van der Waals surface area contributed by atoms with Gasteiger partial charge in [-0.3, -0.25) is 0 Å². The first kappa shape index (κ1) is 38.2. The number of rotatable bonds is 31. The highest BCUT2D eigenvalue weighted by atomic mass is 14.2. The minimum absolute atomic E-state index is 0.938. The summed E-state index contributed by atoms with van der Waals surface area (Å²) in [4.78, 5) is 0. The highest BCUT2D eigenvalue weighted by Gasteiger charge is 2.11. The van der Waals surface area contributed by atoms with Gasteiger partial charge in [0.25, 0.3) is 0 Å². The van der Waals surface area contributed by atoms with Gasteiger partial charge in [-0.2, -0.15) is 0 Å². The van der Waals surface area contributed by atoms with Gasteiger partial charge in [0.05, 0.1) is 0 Å². The van der Waals surface area contributed by atoms with E-state index in [4.69, 9.17) is 0 Å². The lowest BCUT2D eigenvalue weighted by atomic mass is 9.87. The van der Waals surface area contributed by atoms with E-state index in [0.29, 0.717) is 0 Å². The molecule has 0 atom stereocenters. The quantitative estimate of drug-likeness (QED) is 0.0783. The molecule has 239 valence electrons. The van der Waals surface area contributed by atoms with Crippen LogP contribution in [0.25, 0.3) is 0 Å². The molecule has 0 saturated heterocycles. The molecule has 0 spiro atoms. The van der Waals surface area contributed by atoms with Gasteiger partial charge in [-0.05, 0) is 74.1 Å². The van der Waals surface area contributed by atoms with Gasteiger partial charge in [-0.1, -0.05) is 187 Å². The maximum Gasteiger partial charge on any atom is -0.0273 e. The molecule has 0 unspecified atom stereocenters. The van der Waals surface area contributed by atoms with Crippen LogP contribution in [0.3, 0.4) is 0 Å². The van der Waals surface area contributed by atoms with Crippen molar-refractivity contribution < 1.29 is 0 Å². The molecular weight excluding hydrogens is 492 g/mol. The lowest BCUT2D eigenvalue weighted by Gasteiger charge is -2.18. The van der Waals surface area contributed by atoms with Crippen LogP contribution < -0.4 is 0 Å². The third-order valence-electron chi connectivity index (χ3n) is 9.41. The molecule has 0 saturated carbocycles. The van der Waals surface area contributed by atoms with Gasteiger partial charge in [0.15, 0.2) is 0 Å². The average Bonchev–Trinajstić information content (AvgIpc) is 2.99. The van der Waals surface area contributed by atoms with Crippen molar-refractivity contribution in [3.63, 3.8) is 0 Å². The van der Waals surface area contributed by atoms with Crippen molar-refractivity contribution >= 4 is 0 Å². The van der Waals surface area contributed by atoms with Crippen LogP contribution in [0, 0.1) is 6.92 Å². The van der Waals surface area contributed by atoms with Crippen LogP contribution in [0.5, 0.6) is 0 Å². The van der Waals surface area contributed by atoms with Gasteiger partial charge < -0.3 is 0 Å². The summed E-state index contributed by atoms with van der Waals surface area (Å²) >= 11 is 0. The summed E-state index contributed by atoms with van der Waals surface area (Å²) < 4.78 is 0. The van der Waals surface area contributed by atoms with E-state index >= 15 is 0 Å². The molecule has 0 N–H and O–H groups in total. The fourth-order valence-electron chi connectivity index (χ4n) is 6.65. The molecule has 0 heteroatoms. The van der Waals surface area contributed by atoms with Gasteiger partial charge in [-0.25, -0.2) is 0 Å². The molecule has 1 aromatic carbocycles. The molecule has 1 radical (unpaired) electrons. The Morgan fingerprint density at radius 3 is 0.927 bits per heavy atom. The number of benzene rings is 1. The standard InChI is InChI=1S/C41H75/c1-5-9-12-15-18-21-24-27-30-33-39-36-38(8-4)37-40(34-31-28-25-22-19-16-13-10-6-2)41(39)35-32-29-26-23-20-17-14-11-7-3/h36-37H,4-35H2,1-3H3. The minimum atomic E-state index is 0.938. The fourth-order valence-corrected chi connectivity index (χ4v) is 6.65. The van der Waals surface area contributed by atoms with Crippen LogP contribution >= 0.6 is 0 Å². The van der Waals surface area contributed by atoms with Gasteiger partial charge in [0, 0.05) is 0 Å². The largest absolute Gasteiger partial charge is 0.0654 e. The van der Waals surface area contributed by atoms with E-state index in [2.05, 4.69) is 39.8 Å². The Kier molecular flexibility index (Phi) is 27.3. The Labute approximate surface area is 260 Å². The van der Waals surface area contributed by atoms with Crippen LogP contribution in [-0.4, -0.2) is 0 Å². The molecule has 1 aromatic rings. The van der Waals surface area contributed by atoms with Gasteiger partial charge in [0.1, 0.15) is 0 Å². The second-order valence-corrected chi connectivity index (χ2v) is 13.4. The summed E-state index contributed by atoms with van der Waals surface area (Å²) in [5.41, 5.74) is 6.63. The van der Waals surface area contributed by atoms with Crippen molar-refractivity contribution in [2.75, 3.05) is 0 Å². The average molecular weight is 568 g/mol. The first-order chi connectivity index (χ1) is 20.3. The maximum absolute atomic E-state index is 4.29. The molecule has 0 heterocycles. The summed E-state index contributed by atoms with van der Waals surface area (Å²) in [6.45, 7) is 11.2. The predicted molar refractivity (Wildman–Crippen MR) is 188 cm³/mol. The lowest BCUT2D eigenvalue weighted by molar-refractivity contribution is 0.558. The Morgan fingerprint density at radius 2 is 0.634 bits per heavy atom. The van der Waals surface area contributed by atoms with Crippen molar-refractivity contribution in [3.8, 4) is 0 Å². The molecule has 1 rings (SSSR count). The van der Waals surface area contributed by atoms with E-state index in [1.807, 2.05) is 0 Å². The third-order valence-corrected chi connectivity index (χ3v) is 9.41. The zero-order valence-corrected chi connectivity index (χ0v) is 28.8. The van der Waals surface area contributed by atoms with Crippen LogP contribution in [0.15, 0.2) is 12.1 Å². The van der Waals surface area contributed by atoms with Crippen molar-refractivity contribution in [2.45, 2.75) is 220 Å². The maximum atomic E-state index is 4.29. The predicted octanol–water partition coefficient (Wildman–Crippen LogP) is 14.3. The van der Waals surface area contributed by atoms with E-state index in [1.54, 1.807) is 16.7 Å². The normalized spacial score (nSPS) is 11.5. The van der Waals surface area contributed by atoms with E-state index in [9.17, 15) is 0 Å². The van der Waals surface area contributed by atoms with E-state index in [1.165, 1.54) is 198 Å². The monoisotopic (exact) mass is 568 g/mol. The molecule has 0 aromatic heterocycles. The first-order valence-corrected chi connectivity index (χ1v) is 19.2. The number of hydrogen-bond donors (Lipinski definition) is 0. The SMILES string of the molecule is [CH2]Cc1cc(CCCCCCCCCCC)c(CCCCCCCCCCC)c(CCCCCCCCCCC)c1. The molecule has 0 aliphatic rings. The van der Waals surface area contributed by atoms with E-state index < -0.39 is 0 Å². The summed E-state index contributed by atoms with van der Waals surface area (Å²) in [6.07, 6.45) is 43.2. The van der Waals surface area contributed by atoms with Crippen LogP contribution in [-0.2, 0) is 25.7 Å². The second-order valence-electron chi connectivity index (χ2n) is 13.4. The van der Waals surface area contributed by atoms with Crippen molar-refractivity contribution in [2.24, 2.45) is 0 Å². The molecule has 0 aliphatic heterocycles. The molecule has 0 aliphatic carbocycles. The Hall–Kier alpha value is -0.780. The second kappa shape index (κ2) is 29.3. The molecule has 0 bridgehead atoms. The smallest absolute Gasteiger partial charge is 0.0273 e. The number of aryl methyl sites for hydroxylation is 2. The van der Waals surface area contributed by atoms with Crippen molar-refractivity contribution in [1.82, 2.24) is 0 Å². The van der Waals surface area contributed by atoms with E-state index in [0.717, 1.165) is 6.42 Å². The Bertz CT molecular complexity index is 628. The highest BCUT2D eigenvalue weighted by Crippen LogP contribution is 2.26. The van der Waals surface area contributed by atoms with Crippen molar-refractivity contribution in [1.29, 1.82) is 0 Å². The molecule has 0 fully saturated rings. The fraction of sp³-hybridized carbons (Fsp3) is 0.829. The van der Waals surface area contributed by atoms with Crippen LogP contribution in [0.4, 0.5) is 0 Å². The molecule has 41 heavy (non-hydrogen) atoms. The van der Waals surface area contributed by atoms with Crippen LogP contribution in [0.2, 0.25) is 0 Å². The summed E-state index contributed by atoms with van der Waals surface area (Å²) in [5.74, 6) is 0. The lowest BCUT2D eigenvalue weighted by Crippen LogP contribution is -2.04. The Morgan fingerprint density at radius 1 is 0.366 bits per heavy atom. The number of hydrogen-bond acceptors (Lipinski definition) is 0. The summed E-state index contributed by atoms with van der Waals surface area (Å²) in [6, 6.07) is 5.11. The summed E-state index contributed by atoms with van der Waals surface area (Å²) in [5, 5.41) is 0.